The van der Waals surface area contributed by atoms with Gasteiger partial charge in [0.25, 0.3) is 5.91 Å². The van der Waals surface area contributed by atoms with Crippen LogP contribution in [0.1, 0.15) is 24.2 Å². The van der Waals surface area contributed by atoms with Gasteiger partial charge in [0.2, 0.25) is 10.0 Å². The number of ether oxygens (including phenoxy) is 1. The van der Waals surface area contributed by atoms with E-state index in [0.717, 1.165) is 0 Å². The molecule has 0 saturated heterocycles. The van der Waals surface area contributed by atoms with Crippen molar-refractivity contribution in [3.63, 3.8) is 0 Å². The van der Waals surface area contributed by atoms with E-state index in [1.807, 2.05) is 0 Å². The lowest BCUT2D eigenvalue weighted by molar-refractivity contribution is 0.0773. The van der Waals surface area contributed by atoms with Crippen LogP contribution in [-0.4, -0.2) is 45.5 Å². The van der Waals surface area contributed by atoms with Crippen LogP contribution in [0.2, 0.25) is 5.02 Å². The molecule has 0 saturated carbocycles. The lowest BCUT2D eigenvalue weighted by atomic mass is 10.2. The smallest absolute Gasteiger partial charge is 0.253 e. The Morgan fingerprint density at radius 2 is 1.85 bits per heavy atom. The van der Waals surface area contributed by atoms with Crippen LogP contribution in [-0.2, 0) is 10.0 Å². The van der Waals surface area contributed by atoms with Gasteiger partial charge in [-0.2, -0.15) is 0 Å². The van der Waals surface area contributed by atoms with E-state index in [2.05, 4.69) is 4.72 Å². The molecule has 2 aromatic carbocycles. The summed E-state index contributed by atoms with van der Waals surface area (Å²) in [4.78, 5) is 14.1. The van der Waals surface area contributed by atoms with Crippen LogP contribution >= 0.6 is 11.6 Å². The molecule has 1 N–H and O–H groups in total. The second-order valence-electron chi connectivity index (χ2n) is 6.33. The fraction of sp³-hybridized carbons (Fsp3) is 0.316. The predicted molar refractivity (Wildman–Crippen MR) is 106 cm³/mol. The number of benzene rings is 2. The van der Waals surface area contributed by atoms with Crippen LogP contribution in [0.3, 0.4) is 0 Å². The third-order valence-corrected chi connectivity index (χ3v) is 5.55. The molecule has 0 aromatic heterocycles. The van der Waals surface area contributed by atoms with Crippen molar-refractivity contribution >= 4 is 27.5 Å². The zero-order valence-electron chi connectivity index (χ0n) is 15.5. The minimum atomic E-state index is -3.65. The van der Waals surface area contributed by atoms with Gasteiger partial charge in [-0.15, -0.1) is 0 Å². The molecule has 0 heterocycles. The fourth-order valence-corrected chi connectivity index (χ4v) is 3.75. The lowest BCUT2D eigenvalue weighted by Crippen LogP contribution is -2.32. The number of nitrogens with one attached hydrogen (secondary N) is 1. The molecule has 1 amide bonds. The molecule has 2 aromatic rings. The molecular formula is C19H23ClN2O4S. The highest BCUT2D eigenvalue weighted by molar-refractivity contribution is 7.89. The highest BCUT2D eigenvalue weighted by Gasteiger charge is 2.18. The van der Waals surface area contributed by atoms with Crippen molar-refractivity contribution in [1.29, 1.82) is 0 Å². The number of likely N-dealkylation sites (N-methyl/N-ethyl adjacent to an activating group) is 1. The van der Waals surface area contributed by atoms with E-state index < -0.39 is 10.0 Å². The minimum Gasteiger partial charge on any atom is -0.492 e. The van der Waals surface area contributed by atoms with Crippen LogP contribution < -0.4 is 9.46 Å². The van der Waals surface area contributed by atoms with Crippen molar-refractivity contribution in [2.45, 2.75) is 24.8 Å². The second-order valence-corrected chi connectivity index (χ2v) is 8.48. The molecule has 2 rings (SSSR count). The van der Waals surface area contributed by atoms with Gasteiger partial charge in [-0.25, -0.2) is 13.1 Å². The Kier molecular flexibility index (Phi) is 7.24. The Hall–Kier alpha value is -2.09. The summed E-state index contributed by atoms with van der Waals surface area (Å²) in [6.45, 7) is 4.13. The number of carbonyl (C=O) groups excluding carboxylic acids is 1. The number of hydrogen-bond acceptors (Lipinski definition) is 4. The number of nitrogens with zero attached hydrogens (tertiary/aromatic N) is 1. The van der Waals surface area contributed by atoms with Crippen molar-refractivity contribution in [3.8, 4) is 5.75 Å². The molecule has 6 nitrogen and oxygen atoms in total. The van der Waals surface area contributed by atoms with Crippen molar-refractivity contribution in [3.05, 3.63) is 59.1 Å². The predicted octanol–water partition coefficient (Wildman–Crippen LogP) is 3.18. The van der Waals surface area contributed by atoms with E-state index in [0.29, 0.717) is 29.5 Å². The molecule has 27 heavy (non-hydrogen) atoms. The van der Waals surface area contributed by atoms with E-state index >= 15 is 0 Å². The summed E-state index contributed by atoms with van der Waals surface area (Å²) in [5, 5.41) is 0.622. The van der Waals surface area contributed by atoms with Gasteiger partial charge in [-0.05, 0) is 56.3 Å². The Morgan fingerprint density at radius 3 is 2.48 bits per heavy atom. The molecule has 0 aliphatic carbocycles. The maximum atomic E-state index is 12.6. The summed E-state index contributed by atoms with van der Waals surface area (Å²) in [5.41, 5.74) is 0.302. The van der Waals surface area contributed by atoms with Gasteiger partial charge in [0.15, 0.2) is 0 Å². The third kappa shape index (κ3) is 6.23. The average Bonchev–Trinajstić information content (AvgIpc) is 2.61. The normalized spacial score (nSPS) is 11.4. The topological polar surface area (TPSA) is 75.7 Å². The van der Waals surface area contributed by atoms with Gasteiger partial charge in [-0.3, -0.25) is 4.79 Å². The zero-order valence-corrected chi connectivity index (χ0v) is 17.0. The summed E-state index contributed by atoms with van der Waals surface area (Å²) in [7, 11) is -2.01. The molecule has 0 bridgehead atoms. The van der Waals surface area contributed by atoms with E-state index in [4.69, 9.17) is 16.3 Å². The van der Waals surface area contributed by atoms with Crippen molar-refractivity contribution in [2.75, 3.05) is 20.2 Å². The van der Waals surface area contributed by atoms with Gasteiger partial charge < -0.3 is 9.64 Å². The number of amides is 1. The highest BCUT2D eigenvalue weighted by Crippen LogP contribution is 2.16. The first kappa shape index (κ1) is 21.2. The van der Waals surface area contributed by atoms with Crippen molar-refractivity contribution in [1.82, 2.24) is 9.62 Å². The molecular weight excluding hydrogens is 388 g/mol. The molecule has 0 unspecified atom stereocenters. The Morgan fingerprint density at radius 1 is 1.19 bits per heavy atom. The van der Waals surface area contributed by atoms with Crippen LogP contribution in [0.5, 0.6) is 5.75 Å². The summed E-state index contributed by atoms with van der Waals surface area (Å²) >= 11 is 5.82. The quantitative estimate of drug-likeness (QED) is 0.725. The summed E-state index contributed by atoms with van der Waals surface area (Å²) in [6.07, 6.45) is 0. The van der Waals surface area contributed by atoms with E-state index in [-0.39, 0.29) is 16.8 Å². The van der Waals surface area contributed by atoms with Crippen molar-refractivity contribution < 1.29 is 17.9 Å². The monoisotopic (exact) mass is 410 g/mol. The standard InChI is InChI=1S/C19H23ClN2O4S/c1-14(2)21-27(24,25)18-6-4-5-15(13-18)19(23)22(3)11-12-26-17-9-7-16(20)8-10-17/h4-10,13-14,21H,11-12H2,1-3H3. The van der Waals surface area contributed by atoms with Gasteiger partial charge in [0.05, 0.1) is 11.4 Å². The molecule has 8 heteroatoms. The molecule has 146 valence electrons. The molecule has 0 aliphatic rings. The number of rotatable bonds is 8. The van der Waals surface area contributed by atoms with Crippen LogP contribution in [0.15, 0.2) is 53.4 Å². The Balaban J connectivity index is 1.99. The first-order valence-electron chi connectivity index (χ1n) is 8.45. The molecule has 0 atom stereocenters. The van der Waals surface area contributed by atoms with E-state index in [1.165, 1.54) is 17.0 Å². The van der Waals surface area contributed by atoms with Crippen LogP contribution in [0.25, 0.3) is 0 Å². The van der Waals surface area contributed by atoms with Crippen LogP contribution in [0, 0.1) is 0 Å². The van der Waals surface area contributed by atoms with Gasteiger partial charge >= 0.3 is 0 Å². The average molecular weight is 411 g/mol. The number of hydrogen-bond donors (Lipinski definition) is 1. The molecule has 0 fully saturated rings. The summed E-state index contributed by atoms with van der Waals surface area (Å²) in [5.74, 6) is 0.379. The third-order valence-electron chi connectivity index (χ3n) is 3.64. The second kappa shape index (κ2) is 9.21. The van der Waals surface area contributed by atoms with E-state index in [9.17, 15) is 13.2 Å². The Labute approximate surface area is 165 Å². The Bertz CT molecular complexity index is 883. The van der Waals surface area contributed by atoms with Crippen molar-refractivity contribution in [2.24, 2.45) is 0 Å². The number of sulfonamides is 1. The van der Waals surface area contributed by atoms with E-state index in [1.54, 1.807) is 57.3 Å². The first-order valence-corrected chi connectivity index (χ1v) is 10.3. The highest BCUT2D eigenvalue weighted by atomic mass is 35.5. The van der Waals surface area contributed by atoms with Gasteiger partial charge in [0.1, 0.15) is 12.4 Å². The number of carbonyl (C=O) groups is 1. The maximum absolute atomic E-state index is 12.6. The maximum Gasteiger partial charge on any atom is 0.253 e. The number of halogens is 1. The largest absolute Gasteiger partial charge is 0.492 e. The zero-order chi connectivity index (χ0) is 20.0. The molecule has 0 spiro atoms. The lowest BCUT2D eigenvalue weighted by Gasteiger charge is -2.18. The van der Waals surface area contributed by atoms with Gasteiger partial charge in [-0.1, -0.05) is 17.7 Å². The first-order chi connectivity index (χ1) is 12.7. The van der Waals surface area contributed by atoms with Crippen LogP contribution in [0.4, 0.5) is 0 Å². The summed E-state index contributed by atoms with van der Waals surface area (Å²) < 4.78 is 32.6. The molecule has 0 aliphatic heterocycles. The SMILES string of the molecule is CC(C)NS(=O)(=O)c1cccc(C(=O)N(C)CCOc2ccc(Cl)cc2)c1. The summed E-state index contributed by atoms with van der Waals surface area (Å²) in [6, 6.07) is 12.7. The minimum absolute atomic E-state index is 0.0628. The van der Waals surface area contributed by atoms with Gasteiger partial charge in [0, 0.05) is 23.7 Å². The molecule has 0 radical (unpaired) electrons. The fourth-order valence-electron chi connectivity index (χ4n) is 2.33.